The molecule has 0 spiro atoms. The highest BCUT2D eigenvalue weighted by molar-refractivity contribution is 5.92. The van der Waals surface area contributed by atoms with Crippen molar-refractivity contribution in [3.05, 3.63) is 0 Å². The van der Waals surface area contributed by atoms with E-state index >= 15 is 0 Å². The quantitative estimate of drug-likeness (QED) is 0.229. The molecule has 0 aliphatic heterocycles. The SMILES string of the molecule is NN=CC(N)C(=O)O. The summed E-state index contributed by atoms with van der Waals surface area (Å²) in [6.07, 6.45) is 0.947. The average molecular weight is 117 g/mol. The first kappa shape index (κ1) is 6.90. The van der Waals surface area contributed by atoms with Gasteiger partial charge in [0, 0.05) is 0 Å². The fraction of sp³-hybridized carbons (Fsp3) is 0.333. The number of hydrogen-bond acceptors (Lipinski definition) is 4. The molecule has 0 saturated carbocycles. The lowest BCUT2D eigenvalue weighted by atomic mass is 10.4. The average Bonchev–Trinajstić information content (AvgIpc) is 1.67. The third-order valence-corrected chi connectivity index (χ3v) is 0.532. The predicted molar refractivity (Wildman–Crippen MR) is 28.3 cm³/mol. The molecule has 8 heavy (non-hydrogen) atoms. The van der Waals surface area contributed by atoms with Crippen LogP contribution >= 0.6 is 0 Å². The predicted octanol–water partition coefficient (Wildman–Crippen LogP) is -1.66. The number of carboxylic acid groups (broad SMARTS) is 1. The number of carbonyl (C=O) groups is 1. The molecule has 5 nitrogen and oxygen atoms in total. The highest BCUT2D eigenvalue weighted by Gasteiger charge is 2.05. The monoisotopic (exact) mass is 117 g/mol. The van der Waals surface area contributed by atoms with Gasteiger partial charge in [-0.1, -0.05) is 0 Å². The molecule has 1 unspecified atom stereocenters. The molecule has 0 aliphatic carbocycles. The molecule has 0 rings (SSSR count). The van der Waals surface area contributed by atoms with Crippen LogP contribution in [0.5, 0.6) is 0 Å². The van der Waals surface area contributed by atoms with E-state index in [0.717, 1.165) is 6.21 Å². The maximum absolute atomic E-state index is 9.82. The molecule has 5 N–H and O–H groups in total. The van der Waals surface area contributed by atoms with Crippen LogP contribution in [-0.4, -0.2) is 23.3 Å². The van der Waals surface area contributed by atoms with Crippen LogP contribution in [0.15, 0.2) is 5.10 Å². The number of aliphatic carboxylic acids is 1. The Balaban J connectivity index is 3.64. The molecule has 0 aromatic heterocycles. The van der Waals surface area contributed by atoms with Crippen LogP contribution in [0, 0.1) is 0 Å². The summed E-state index contributed by atoms with van der Waals surface area (Å²) >= 11 is 0. The van der Waals surface area contributed by atoms with Crippen molar-refractivity contribution in [3.63, 3.8) is 0 Å². The minimum absolute atomic E-state index is 0.947. The van der Waals surface area contributed by atoms with Gasteiger partial charge in [-0.15, -0.1) is 0 Å². The van der Waals surface area contributed by atoms with Crippen molar-refractivity contribution < 1.29 is 9.90 Å². The second kappa shape index (κ2) is 2.98. The molecule has 0 amide bonds. The van der Waals surface area contributed by atoms with E-state index in [-0.39, 0.29) is 0 Å². The van der Waals surface area contributed by atoms with Gasteiger partial charge in [0.2, 0.25) is 0 Å². The van der Waals surface area contributed by atoms with E-state index < -0.39 is 12.0 Å². The molecule has 0 aliphatic rings. The molecule has 0 saturated heterocycles. The smallest absolute Gasteiger partial charge is 0.326 e. The number of nitrogens with two attached hydrogens (primary N) is 2. The lowest BCUT2D eigenvalue weighted by Crippen LogP contribution is -2.31. The lowest BCUT2D eigenvalue weighted by molar-refractivity contribution is -0.136. The second-order valence-corrected chi connectivity index (χ2v) is 1.16. The fourth-order valence-electron chi connectivity index (χ4n) is 0.156. The van der Waals surface area contributed by atoms with E-state index in [0.29, 0.717) is 0 Å². The van der Waals surface area contributed by atoms with Gasteiger partial charge in [0.15, 0.2) is 0 Å². The van der Waals surface area contributed by atoms with Gasteiger partial charge in [-0.3, -0.25) is 4.79 Å². The van der Waals surface area contributed by atoms with Crippen molar-refractivity contribution in [2.75, 3.05) is 0 Å². The Morgan fingerprint density at radius 3 is 2.50 bits per heavy atom. The van der Waals surface area contributed by atoms with Gasteiger partial charge >= 0.3 is 5.97 Å². The van der Waals surface area contributed by atoms with E-state index in [1.165, 1.54) is 0 Å². The van der Waals surface area contributed by atoms with E-state index in [1.807, 2.05) is 0 Å². The van der Waals surface area contributed by atoms with Crippen molar-refractivity contribution in [2.45, 2.75) is 6.04 Å². The Hall–Kier alpha value is -1.10. The summed E-state index contributed by atoms with van der Waals surface area (Å²) in [5.41, 5.74) is 4.90. The summed E-state index contributed by atoms with van der Waals surface area (Å²) in [5, 5.41) is 11.0. The number of rotatable bonds is 2. The topological polar surface area (TPSA) is 102 Å². The zero-order valence-electron chi connectivity index (χ0n) is 4.11. The van der Waals surface area contributed by atoms with Crippen LogP contribution in [-0.2, 0) is 4.79 Å². The minimum atomic E-state index is -1.14. The Morgan fingerprint density at radius 1 is 1.88 bits per heavy atom. The summed E-state index contributed by atoms with van der Waals surface area (Å²) in [7, 11) is 0. The number of hydrazone groups is 1. The third-order valence-electron chi connectivity index (χ3n) is 0.532. The second-order valence-electron chi connectivity index (χ2n) is 1.16. The molecule has 46 valence electrons. The van der Waals surface area contributed by atoms with Gasteiger partial charge in [0.25, 0.3) is 0 Å². The molecule has 0 radical (unpaired) electrons. The summed E-state index contributed by atoms with van der Waals surface area (Å²) in [6, 6.07) is -1.08. The zero-order valence-corrected chi connectivity index (χ0v) is 4.11. The third kappa shape index (κ3) is 2.14. The van der Waals surface area contributed by atoms with Crippen molar-refractivity contribution >= 4 is 12.2 Å². The largest absolute Gasteiger partial charge is 0.480 e. The van der Waals surface area contributed by atoms with E-state index in [4.69, 9.17) is 10.8 Å². The first-order valence-electron chi connectivity index (χ1n) is 1.90. The zero-order chi connectivity index (χ0) is 6.57. The molecule has 0 heterocycles. The molecule has 0 fully saturated rings. The molecule has 0 bridgehead atoms. The van der Waals surface area contributed by atoms with Gasteiger partial charge in [-0.2, -0.15) is 5.10 Å². The van der Waals surface area contributed by atoms with E-state index in [2.05, 4.69) is 10.9 Å². The molecule has 0 aromatic rings. The normalized spacial score (nSPS) is 14.1. The van der Waals surface area contributed by atoms with Crippen molar-refractivity contribution in [1.29, 1.82) is 0 Å². The maximum Gasteiger partial charge on any atom is 0.326 e. The lowest BCUT2D eigenvalue weighted by Gasteiger charge is -1.93. The molecule has 1 atom stereocenters. The molecular formula is C3H7N3O2. The highest BCUT2D eigenvalue weighted by Crippen LogP contribution is 1.68. The standard InChI is InChI=1S/C3H7N3O2/c4-2(1-6-5)3(7)8/h1-2H,4-5H2,(H,7,8). The maximum atomic E-state index is 9.82. The highest BCUT2D eigenvalue weighted by atomic mass is 16.4. The number of carboxylic acids is 1. The molecule has 0 aromatic carbocycles. The van der Waals surface area contributed by atoms with E-state index in [9.17, 15) is 4.79 Å². The summed E-state index contributed by atoms with van der Waals surface area (Å²) in [6.45, 7) is 0. The van der Waals surface area contributed by atoms with E-state index in [1.54, 1.807) is 0 Å². The molecule has 5 heteroatoms. The van der Waals surface area contributed by atoms with Crippen LogP contribution in [0.25, 0.3) is 0 Å². The van der Waals surface area contributed by atoms with Crippen molar-refractivity contribution in [3.8, 4) is 0 Å². The Kier molecular flexibility index (Phi) is 2.57. The van der Waals surface area contributed by atoms with Crippen LogP contribution < -0.4 is 11.6 Å². The Morgan fingerprint density at radius 2 is 2.38 bits per heavy atom. The Labute approximate surface area is 46.0 Å². The van der Waals surface area contributed by atoms with Crippen LogP contribution in [0.2, 0.25) is 0 Å². The van der Waals surface area contributed by atoms with Crippen molar-refractivity contribution in [2.24, 2.45) is 16.7 Å². The summed E-state index contributed by atoms with van der Waals surface area (Å²) in [5.74, 6) is 3.45. The Bertz CT molecular complexity index is 111. The fourth-order valence-corrected chi connectivity index (χ4v) is 0.156. The first-order chi connectivity index (χ1) is 3.68. The number of hydrogen-bond donors (Lipinski definition) is 3. The number of nitrogens with zero attached hydrogens (tertiary/aromatic N) is 1. The summed E-state index contributed by atoms with van der Waals surface area (Å²) in [4.78, 5) is 9.82. The van der Waals surface area contributed by atoms with Gasteiger partial charge in [0.1, 0.15) is 6.04 Å². The molecular weight excluding hydrogens is 110 g/mol. The van der Waals surface area contributed by atoms with Crippen LogP contribution in [0.1, 0.15) is 0 Å². The van der Waals surface area contributed by atoms with Crippen LogP contribution in [0.4, 0.5) is 0 Å². The first-order valence-corrected chi connectivity index (χ1v) is 1.90. The minimum Gasteiger partial charge on any atom is -0.480 e. The van der Waals surface area contributed by atoms with Crippen LogP contribution in [0.3, 0.4) is 0 Å². The van der Waals surface area contributed by atoms with Gasteiger partial charge < -0.3 is 16.7 Å². The van der Waals surface area contributed by atoms with Crippen molar-refractivity contribution in [1.82, 2.24) is 0 Å². The summed E-state index contributed by atoms with van der Waals surface area (Å²) < 4.78 is 0. The van der Waals surface area contributed by atoms with Gasteiger partial charge in [-0.25, -0.2) is 0 Å². The van der Waals surface area contributed by atoms with Gasteiger partial charge in [-0.05, 0) is 0 Å². The van der Waals surface area contributed by atoms with Gasteiger partial charge in [0.05, 0.1) is 6.21 Å².